The van der Waals surface area contributed by atoms with Crippen LogP contribution in [-0.4, -0.2) is 23.0 Å². The Hall–Kier alpha value is -1.06. The predicted molar refractivity (Wildman–Crippen MR) is 56.6 cm³/mol. The van der Waals surface area contributed by atoms with E-state index in [1.165, 1.54) is 6.92 Å². The van der Waals surface area contributed by atoms with Crippen LogP contribution < -0.4 is 5.32 Å². The van der Waals surface area contributed by atoms with E-state index in [1.807, 2.05) is 20.8 Å². The van der Waals surface area contributed by atoms with E-state index < -0.39 is 11.7 Å². The fourth-order valence-electron chi connectivity index (χ4n) is 1.53. The Morgan fingerprint density at radius 3 is 2.07 bits per heavy atom. The van der Waals surface area contributed by atoms with Crippen LogP contribution in [0.15, 0.2) is 0 Å². The molecule has 1 fully saturated rings. The van der Waals surface area contributed by atoms with Crippen LogP contribution in [0.4, 0.5) is 4.79 Å². The fraction of sp³-hybridized carbons (Fsp3) is 0.818. The molecule has 4 heteroatoms. The molecule has 1 aliphatic carbocycles. The minimum Gasteiger partial charge on any atom is -0.435 e. The molecule has 0 bridgehead atoms. The van der Waals surface area contributed by atoms with Gasteiger partial charge in [-0.3, -0.25) is 4.79 Å². The van der Waals surface area contributed by atoms with Gasteiger partial charge in [-0.25, -0.2) is 4.79 Å². The SMILES string of the molecule is CC(=O)C1(OC(=O)NC(C)(C)C)CCC1. The number of amides is 1. The van der Waals surface area contributed by atoms with Crippen LogP contribution in [-0.2, 0) is 9.53 Å². The van der Waals surface area contributed by atoms with Gasteiger partial charge in [0.2, 0.25) is 0 Å². The Labute approximate surface area is 90.4 Å². The Balaban J connectivity index is 2.54. The number of hydrogen-bond acceptors (Lipinski definition) is 3. The molecular weight excluding hydrogens is 194 g/mol. The molecule has 0 aromatic heterocycles. The van der Waals surface area contributed by atoms with Gasteiger partial charge in [-0.15, -0.1) is 0 Å². The second kappa shape index (κ2) is 3.83. The largest absolute Gasteiger partial charge is 0.435 e. The monoisotopic (exact) mass is 213 g/mol. The van der Waals surface area contributed by atoms with Crippen molar-refractivity contribution < 1.29 is 14.3 Å². The van der Waals surface area contributed by atoms with Crippen molar-refractivity contribution in [2.75, 3.05) is 0 Å². The highest BCUT2D eigenvalue weighted by atomic mass is 16.6. The number of carbonyl (C=O) groups excluding carboxylic acids is 2. The van der Waals surface area contributed by atoms with E-state index in [1.54, 1.807) is 0 Å². The lowest BCUT2D eigenvalue weighted by molar-refractivity contribution is -0.144. The van der Waals surface area contributed by atoms with Crippen molar-refractivity contribution in [3.05, 3.63) is 0 Å². The highest BCUT2D eigenvalue weighted by Gasteiger charge is 2.45. The van der Waals surface area contributed by atoms with E-state index in [0.717, 1.165) is 6.42 Å². The first-order valence-electron chi connectivity index (χ1n) is 5.27. The van der Waals surface area contributed by atoms with Crippen molar-refractivity contribution in [1.29, 1.82) is 0 Å². The smallest absolute Gasteiger partial charge is 0.408 e. The van der Waals surface area contributed by atoms with Gasteiger partial charge in [0, 0.05) is 5.54 Å². The molecule has 0 saturated heterocycles. The minimum atomic E-state index is -0.838. The van der Waals surface area contributed by atoms with E-state index in [4.69, 9.17) is 4.74 Å². The van der Waals surface area contributed by atoms with Gasteiger partial charge in [0.1, 0.15) is 0 Å². The number of hydrogen-bond donors (Lipinski definition) is 1. The highest BCUT2D eigenvalue weighted by Crippen LogP contribution is 2.36. The molecule has 0 radical (unpaired) electrons. The molecule has 0 spiro atoms. The molecule has 1 aliphatic rings. The Kier molecular flexibility index (Phi) is 3.07. The number of ketones is 1. The van der Waals surface area contributed by atoms with Crippen molar-refractivity contribution in [3.63, 3.8) is 0 Å². The minimum absolute atomic E-state index is 0.0576. The zero-order chi connectivity index (χ0) is 11.7. The Morgan fingerprint density at radius 2 is 1.80 bits per heavy atom. The lowest BCUT2D eigenvalue weighted by Crippen LogP contribution is -2.52. The molecule has 86 valence electrons. The Bertz CT molecular complexity index is 274. The molecule has 4 nitrogen and oxygen atoms in total. The van der Waals surface area contributed by atoms with E-state index in [2.05, 4.69) is 5.32 Å². The molecule has 1 N–H and O–H groups in total. The van der Waals surface area contributed by atoms with Crippen LogP contribution >= 0.6 is 0 Å². The molecule has 0 unspecified atom stereocenters. The third-order valence-corrected chi connectivity index (χ3v) is 2.57. The maximum Gasteiger partial charge on any atom is 0.408 e. The zero-order valence-electron chi connectivity index (χ0n) is 9.85. The van der Waals surface area contributed by atoms with Crippen LogP contribution in [0.25, 0.3) is 0 Å². The van der Waals surface area contributed by atoms with Crippen LogP contribution in [0.3, 0.4) is 0 Å². The fourth-order valence-corrected chi connectivity index (χ4v) is 1.53. The summed E-state index contributed by atoms with van der Waals surface area (Å²) in [6, 6.07) is 0. The number of rotatable bonds is 2. The summed E-state index contributed by atoms with van der Waals surface area (Å²) in [5.41, 5.74) is -1.17. The molecule has 0 aromatic rings. The third kappa shape index (κ3) is 2.94. The van der Waals surface area contributed by atoms with E-state index in [0.29, 0.717) is 12.8 Å². The summed E-state index contributed by atoms with van der Waals surface area (Å²) < 4.78 is 5.21. The first-order chi connectivity index (χ1) is 6.75. The summed E-state index contributed by atoms with van der Waals surface area (Å²) >= 11 is 0. The number of nitrogens with one attached hydrogen (secondary N) is 1. The Morgan fingerprint density at radius 1 is 1.27 bits per heavy atom. The average molecular weight is 213 g/mol. The van der Waals surface area contributed by atoms with Gasteiger partial charge in [-0.2, -0.15) is 0 Å². The molecule has 0 aliphatic heterocycles. The third-order valence-electron chi connectivity index (χ3n) is 2.57. The standard InChI is InChI=1S/C11H19NO3/c1-8(13)11(6-5-7-11)15-9(14)12-10(2,3)4/h5-7H2,1-4H3,(H,12,14). The van der Waals surface area contributed by atoms with E-state index in [9.17, 15) is 9.59 Å². The van der Waals surface area contributed by atoms with Crippen LogP contribution in [0.1, 0.15) is 47.0 Å². The summed E-state index contributed by atoms with van der Waals surface area (Å²) in [7, 11) is 0. The second-order valence-corrected chi connectivity index (χ2v) is 5.17. The first-order valence-corrected chi connectivity index (χ1v) is 5.27. The predicted octanol–water partition coefficient (Wildman–Crippen LogP) is 2.02. The molecule has 1 rings (SSSR count). The van der Waals surface area contributed by atoms with Crippen molar-refractivity contribution in [3.8, 4) is 0 Å². The van der Waals surface area contributed by atoms with Gasteiger partial charge in [0.25, 0.3) is 0 Å². The van der Waals surface area contributed by atoms with Crippen LogP contribution in [0.2, 0.25) is 0 Å². The van der Waals surface area contributed by atoms with Gasteiger partial charge < -0.3 is 10.1 Å². The summed E-state index contributed by atoms with van der Waals surface area (Å²) in [5.74, 6) is -0.0576. The van der Waals surface area contributed by atoms with Crippen molar-refractivity contribution in [2.45, 2.75) is 58.1 Å². The lowest BCUT2D eigenvalue weighted by Gasteiger charge is -2.39. The zero-order valence-corrected chi connectivity index (χ0v) is 9.85. The molecular formula is C11H19NO3. The quantitative estimate of drug-likeness (QED) is 0.763. The van der Waals surface area contributed by atoms with Crippen LogP contribution in [0.5, 0.6) is 0 Å². The first kappa shape index (κ1) is 12.0. The molecule has 0 aromatic carbocycles. The van der Waals surface area contributed by atoms with Gasteiger partial charge >= 0.3 is 6.09 Å². The van der Waals surface area contributed by atoms with Crippen molar-refractivity contribution in [1.82, 2.24) is 5.32 Å². The second-order valence-electron chi connectivity index (χ2n) is 5.17. The van der Waals surface area contributed by atoms with Crippen molar-refractivity contribution >= 4 is 11.9 Å². The molecule has 0 atom stereocenters. The lowest BCUT2D eigenvalue weighted by atomic mass is 9.77. The van der Waals surface area contributed by atoms with Gasteiger partial charge in [-0.05, 0) is 47.0 Å². The topological polar surface area (TPSA) is 55.4 Å². The molecule has 1 amide bonds. The normalized spacial score (nSPS) is 18.9. The van der Waals surface area contributed by atoms with Gasteiger partial charge in [-0.1, -0.05) is 0 Å². The number of Topliss-reactive ketones (excluding diaryl/α,β-unsaturated/α-hetero) is 1. The average Bonchev–Trinajstić information content (AvgIpc) is 1.92. The summed E-state index contributed by atoms with van der Waals surface area (Å²) in [6.45, 7) is 7.09. The maximum atomic E-state index is 11.5. The van der Waals surface area contributed by atoms with Gasteiger partial charge in [0.05, 0.1) is 0 Å². The summed E-state index contributed by atoms with van der Waals surface area (Å²) in [5, 5.41) is 2.68. The maximum absolute atomic E-state index is 11.5. The molecule has 1 saturated carbocycles. The van der Waals surface area contributed by atoms with E-state index >= 15 is 0 Å². The molecule has 0 heterocycles. The summed E-state index contributed by atoms with van der Waals surface area (Å²) in [6.07, 6.45) is 1.75. The number of alkyl carbamates (subject to hydrolysis) is 1. The number of carbonyl (C=O) groups is 2. The van der Waals surface area contributed by atoms with E-state index in [-0.39, 0.29) is 11.3 Å². The number of ether oxygens (including phenoxy) is 1. The van der Waals surface area contributed by atoms with Crippen LogP contribution in [0, 0.1) is 0 Å². The van der Waals surface area contributed by atoms with Gasteiger partial charge in [0.15, 0.2) is 11.4 Å². The van der Waals surface area contributed by atoms with Crippen molar-refractivity contribution in [2.24, 2.45) is 0 Å². The summed E-state index contributed by atoms with van der Waals surface area (Å²) in [4.78, 5) is 22.8. The molecule has 15 heavy (non-hydrogen) atoms. The highest BCUT2D eigenvalue weighted by molar-refractivity contribution is 5.88.